The van der Waals surface area contributed by atoms with E-state index in [9.17, 15) is 10.2 Å². The summed E-state index contributed by atoms with van der Waals surface area (Å²) < 4.78 is 1.89. The fraction of sp³-hybridized carbons (Fsp3) is 0.0588. The lowest BCUT2D eigenvalue weighted by atomic mass is 9.90. The number of phenolic OH excluding ortho intramolecular Hbond substituents is 2. The molecule has 2 nitrogen and oxygen atoms in total. The van der Waals surface area contributed by atoms with Gasteiger partial charge in [0.1, 0.15) is 11.5 Å². The molecule has 0 aliphatic heterocycles. The summed E-state index contributed by atoms with van der Waals surface area (Å²) in [5, 5.41) is 25.9. The van der Waals surface area contributed by atoms with E-state index in [4.69, 9.17) is 0 Å². The molecule has 0 amide bonds. The minimum Gasteiger partial charge on any atom is -0.507 e. The highest BCUT2D eigenvalue weighted by molar-refractivity contribution is 9.11. The molecule has 0 unspecified atom stereocenters. The molecular weight excluding hydrogens is 600 g/mol. The largest absolute Gasteiger partial charge is 0.507 e. The molecule has 0 fully saturated rings. The van der Waals surface area contributed by atoms with E-state index in [-0.39, 0.29) is 11.5 Å². The minimum absolute atomic E-state index is 0.119. The van der Waals surface area contributed by atoms with Gasteiger partial charge in [0.25, 0.3) is 0 Å². The SMILES string of the molecule is Cc1ccc(-c2ccc3c(-c4c(O)ccc5c(Br)c(-c6ccc(C)cc6)ccc45)c(O)ccc3c2Br)cc1. The van der Waals surface area contributed by atoms with Crippen molar-refractivity contribution >= 4 is 53.4 Å². The van der Waals surface area contributed by atoms with Gasteiger partial charge in [0.05, 0.1) is 0 Å². The molecular formula is C34H24Br2O2. The van der Waals surface area contributed by atoms with Crippen LogP contribution < -0.4 is 0 Å². The van der Waals surface area contributed by atoms with Crippen LogP contribution in [0.25, 0.3) is 54.9 Å². The van der Waals surface area contributed by atoms with Crippen molar-refractivity contribution in [3.05, 3.63) is 117 Å². The van der Waals surface area contributed by atoms with Gasteiger partial charge in [-0.2, -0.15) is 0 Å². The molecule has 0 radical (unpaired) electrons. The van der Waals surface area contributed by atoms with Gasteiger partial charge in [-0.1, -0.05) is 83.9 Å². The highest BCUT2D eigenvalue weighted by Gasteiger charge is 2.20. The second-order valence-electron chi connectivity index (χ2n) is 9.70. The van der Waals surface area contributed by atoms with Crippen molar-refractivity contribution in [1.29, 1.82) is 0 Å². The molecule has 0 aromatic heterocycles. The lowest BCUT2D eigenvalue weighted by molar-refractivity contribution is 0.470. The number of fused-ring (bicyclic) bond motifs is 2. The third kappa shape index (κ3) is 4.09. The van der Waals surface area contributed by atoms with E-state index >= 15 is 0 Å². The van der Waals surface area contributed by atoms with E-state index in [1.807, 2.05) is 24.3 Å². The van der Waals surface area contributed by atoms with Crippen LogP contribution in [0.15, 0.2) is 106 Å². The van der Waals surface area contributed by atoms with E-state index < -0.39 is 0 Å². The van der Waals surface area contributed by atoms with Crippen LogP contribution in [-0.4, -0.2) is 10.2 Å². The van der Waals surface area contributed by atoms with Crippen molar-refractivity contribution in [2.45, 2.75) is 13.8 Å². The Hall–Kier alpha value is -3.60. The quantitative estimate of drug-likeness (QED) is 0.206. The van der Waals surface area contributed by atoms with Crippen LogP contribution in [0.2, 0.25) is 0 Å². The number of halogens is 2. The van der Waals surface area contributed by atoms with Gasteiger partial charge in [-0.25, -0.2) is 0 Å². The maximum absolute atomic E-state index is 11.1. The molecule has 0 saturated carbocycles. The van der Waals surface area contributed by atoms with Gasteiger partial charge < -0.3 is 10.2 Å². The average Bonchev–Trinajstić information content (AvgIpc) is 2.91. The predicted octanol–water partition coefficient (Wildman–Crippen LogP) is 10.5. The third-order valence-electron chi connectivity index (χ3n) is 7.20. The number of hydrogen-bond donors (Lipinski definition) is 2. The van der Waals surface area contributed by atoms with Crippen LogP contribution in [0.1, 0.15) is 11.1 Å². The molecule has 0 aliphatic carbocycles. The Kier molecular flexibility index (Phi) is 6.25. The van der Waals surface area contributed by atoms with Gasteiger partial charge in [-0.05, 0) is 114 Å². The van der Waals surface area contributed by atoms with Crippen molar-refractivity contribution in [3.8, 4) is 44.9 Å². The van der Waals surface area contributed by atoms with E-state index in [2.05, 4.69) is 106 Å². The third-order valence-corrected chi connectivity index (χ3v) is 8.91. The number of hydrogen-bond acceptors (Lipinski definition) is 2. The molecule has 2 N–H and O–H groups in total. The number of phenols is 2. The zero-order valence-electron chi connectivity index (χ0n) is 20.9. The van der Waals surface area contributed by atoms with E-state index in [0.29, 0.717) is 11.1 Å². The maximum Gasteiger partial charge on any atom is 0.124 e. The highest BCUT2D eigenvalue weighted by Crippen LogP contribution is 2.48. The van der Waals surface area contributed by atoms with Gasteiger partial charge >= 0.3 is 0 Å². The number of aromatic hydroxyl groups is 2. The lowest BCUT2D eigenvalue weighted by Gasteiger charge is -2.17. The molecule has 0 saturated heterocycles. The van der Waals surface area contributed by atoms with Crippen LogP contribution in [-0.2, 0) is 0 Å². The summed E-state index contributed by atoms with van der Waals surface area (Å²) in [7, 11) is 0. The molecule has 0 aliphatic rings. The van der Waals surface area contributed by atoms with Crippen LogP contribution in [0.3, 0.4) is 0 Å². The van der Waals surface area contributed by atoms with Crippen LogP contribution in [0.5, 0.6) is 11.5 Å². The Bertz CT molecular complexity index is 1720. The molecule has 186 valence electrons. The molecule has 4 heteroatoms. The van der Waals surface area contributed by atoms with Gasteiger partial charge in [-0.15, -0.1) is 0 Å². The van der Waals surface area contributed by atoms with E-state index in [1.165, 1.54) is 11.1 Å². The number of benzene rings is 6. The average molecular weight is 624 g/mol. The zero-order chi connectivity index (χ0) is 26.6. The summed E-state index contributed by atoms with van der Waals surface area (Å²) in [4.78, 5) is 0. The molecule has 6 aromatic carbocycles. The summed E-state index contributed by atoms with van der Waals surface area (Å²) in [5.41, 5.74) is 8.00. The van der Waals surface area contributed by atoms with Crippen molar-refractivity contribution in [2.75, 3.05) is 0 Å². The second kappa shape index (κ2) is 9.61. The monoisotopic (exact) mass is 622 g/mol. The lowest BCUT2D eigenvalue weighted by Crippen LogP contribution is -1.90. The van der Waals surface area contributed by atoms with Crippen molar-refractivity contribution in [3.63, 3.8) is 0 Å². The molecule has 6 rings (SSSR count). The Labute approximate surface area is 238 Å². The van der Waals surface area contributed by atoms with Crippen LogP contribution in [0.4, 0.5) is 0 Å². The standard InChI is InChI=1S/C34H24Br2O2/c1-19-3-7-21(8-4-19)23-11-13-25-27(33(23)35)15-17-29(37)31(25)32-26-14-12-24(22-9-5-20(2)6-10-22)34(36)28(26)16-18-30(32)38/h3-18,37-38H,1-2H3. The zero-order valence-corrected chi connectivity index (χ0v) is 24.1. The Morgan fingerprint density at radius 3 is 1.13 bits per heavy atom. The highest BCUT2D eigenvalue weighted by atomic mass is 79.9. The number of aryl methyl sites for hydroxylation is 2. The molecule has 0 bridgehead atoms. The van der Waals surface area contributed by atoms with E-state index in [0.717, 1.165) is 52.7 Å². The summed E-state index contributed by atoms with van der Waals surface area (Å²) in [6.45, 7) is 4.15. The first-order valence-electron chi connectivity index (χ1n) is 12.4. The Morgan fingerprint density at radius 1 is 0.421 bits per heavy atom. The molecule has 0 spiro atoms. The first-order chi connectivity index (χ1) is 18.3. The van der Waals surface area contributed by atoms with Gasteiger partial charge in [0, 0.05) is 20.1 Å². The second-order valence-corrected chi connectivity index (χ2v) is 11.3. The smallest absolute Gasteiger partial charge is 0.124 e. The number of rotatable bonds is 3. The van der Waals surface area contributed by atoms with Crippen LogP contribution in [0, 0.1) is 13.8 Å². The van der Waals surface area contributed by atoms with Crippen molar-refractivity contribution in [1.82, 2.24) is 0 Å². The normalized spacial score (nSPS) is 11.4. The first kappa shape index (κ1) is 24.7. The summed E-state index contributed by atoms with van der Waals surface area (Å²) in [6.07, 6.45) is 0. The van der Waals surface area contributed by atoms with E-state index in [1.54, 1.807) is 12.1 Å². The van der Waals surface area contributed by atoms with Gasteiger partial charge in [-0.3, -0.25) is 0 Å². The van der Waals surface area contributed by atoms with Crippen molar-refractivity contribution < 1.29 is 10.2 Å². The summed E-state index contributed by atoms with van der Waals surface area (Å²) in [5.74, 6) is 0.239. The Morgan fingerprint density at radius 2 is 0.763 bits per heavy atom. The summed E-state index contributed by atoms with van der Waals surface area (Å²) in [6, 6.07) is 32.3. The fourth-order valence-corrected chi connectivity index (χ4v) is 6.57. The van der Waals surface area contributed by atoms with Gasteiger partial charge in [0.15, 0.2) is 0 Å². The predicted molar refractivity (Wildman–Crippen MR) is 166 cm³/mol. The molecule has 38 heavy (non-hydrogen) atoms. The molecule has 6 aromatic rings. The van der Waals surface area contributed by atoms with Crippen molar-refractivity contribution in [2.24, 2.45) is 0 Å². The topological polar surface area (TPSA) is 40.5 Å². The molecule has 0 heterocycles. The first-order valence-corrected chi connectivity index (χ1v) is 13.9. The van der Waals surface area contributed by atoms with Crippen LogP contribution >= 0.6 is 31.9 Å². The maximum atomic E-state index is 11.1. The molecule has 0 atom stereocenters. The Balaban J connectivity index is 1.60. The van der Waals surface area contributed by atoms with Gasteiger partial charge in [0.2, 0.25) is 0 Å². The summed E-state index contributed by atoms with van der Waals surface area (Å²) >= 11 is 7.67. The fourth-order valence-electron chi connectivity index (χ4n) is 5.15. The minimum atomic E-state index is 0.119.